The van der Waals surface area contributed by atoms with Crippen molar-refractivity contribution >= 4 is 29.2 Å². The van der Waals surface area contributed by atoms with Gasteiger partial charge in [0, 0.05) is 29.9 Å². The maximum Gasteiger partial charge on any atom is 0.293 e. The zero-order valence-electron chi connectivity index (χ0n) is 15.5. The number of phenols is 1. The molecule has 0 aliphatic rings. The quantitative estimate of drug-likeness (QED) is 0.378. The number of para-hydroxylation sites is 1. The van der Waals surface area contributed by atoms with E-state index in [9.17, 15) is 20.0 Å². The Labute approximate surface area is 166 Å². The molecular formula is C21H18N4O4. The van der Waals surface area contributed by atoms with Gasteiger partial charge in [-0.25, -0.2) is 5.43 Å². The molecule has 0 aliphatic heterocycles. The highest BCUT2D eigenvalue weighted by molar-refractivity contribution is 5.95. The molecule has 0 aliphatic carbocycles. The molecule has 0 saturated carbocycles. The number of carbonyl (C=O) groups is 1. The van der Waals surface area contributed by atoms with E-state index in [1.54, 1.807) is 24.1 Å². The van der Waals surface area contributed by atoms with Crippen LogP contribution in [-0.2, 0) is 0 Å². The maximum absolute atomic E-state index is 12.0. The van der Waals surface area contributed by atoms with Crippen LogP contribution in [0, 0.1) is 10.1 Å². The summed E-state index contributed by atoms with van der Waals surface area (Å²) in [6, 6.07) is 19.7. The van der Waals surface area contributed by atoms with E-state index in [2.05, 4.69) is 10.5 Å². The lowest BCUT2D eigenvalue weighted by molar-refractivity contribution is -0.384. The van der Waals surface area contributed by atoms with Crippen LogP contribution in [0.2, 0.25) is 0 Å². The SMILES string of the molecule is CN(c1ccccc1)c1ccc(/C=N\NC(=O)c2ccc(O)cc2)cc1[N+](=O)[O-]. The first-order valence-electron chi connectivity index (χ1n) is 8.65. The smallest absolute Gasteiger partial charge is 0.293 e. The van der Waals surface area contributed by atoms with Gasteiger partial charge in [-0.1, -0.05) is 24.3 Å². The van der Waals surface area contributed by atoms with E-state index in [-0.39, 0.29) is 11.4 Å². The molecule has 3 rings (SSSR count). The fraction of sp³-hybridized carbons (Fsp3) is 0.0476. The van der Waals surface area contributed by atoms with Crippen LogP contribution in [0.1, 0.15) is 15.9 Å². The number of nitro benzene ring substituents is 1. The van der Waals surface area contributed by atoms with Crippen LogP contribution < -0.4 is 10.3 Å². The summed E-state index contributed by atoms with van der Waals surface area (Å²) in [7, 11) is 1.75. The van der Waals surface area contributed by atoms with Gasteiger partial charge in [-0.3, -0.25) is 14.9 Å². The molecule has 29 heavy (non-hydrogen) atoms. The number of hydrazone groups is 1. The van der Waals surface area contributed by atoms with Crippen molar-refractivity contribution in [3.8, 4) is 5.75 Å². The van der Waals surface area contributed by atoms with Crippen molar-refractivity contribution < 1.29 is 14.8 Å². The number of rotatable bonds is 6. The highest BCUT2D eigenvalue weighted by Crippen LogP contribution is 2.32. The van der Waals surface area contributed by atoms with Gasteiger partial charge in [-0.05, 0) is 42.5 Å². The topological polar surface area (TPSA) is 108 Å². The molecule has 0 bridgehead atoms. The molecule has 8 heteroatoms. The van der Waals surface area contributed by atoms with Crippen LogP contribution in [-0.4, -0.2) is 29.2 Å². The Morgan fingerprint density at radius 2 is 1.79 bits per heavy atom. The lowest BCUT2D eigenvalue weighted by atomic mass is 10.1. The third kappa shape index (κ3) is 4.75. The third-order valence-corrected chi connectivity index (χ3v) is 4.21. The summed E-state index contributed by atoms with van der Waals surface area (Å²) in [5.74, 6) is -0.408. The molecule has 0 spiro atoms. The Hall–Kier alpha value is -4.20. The molecule has 2 N–H and O–H groups in total. The second-order valence-corrected chi connectivity index (χ2v) is 6.15. The summed E-state index contributed by atoms with van der Waals surface area (Å²) < 4.78 is 0. The molecule has 0 aromatic heterocycles. The molecule has 0 heterocycles. The fourth-order valence-corrected chi connectivity index (χ4v) is 2.68. The van der Waals surface area contributed by atoms with E-state index >= 15 is 0 Å². The largest absolute Gasteiger partial charge is 0.508 e. The lowest BCUT2D eigenvalue weighted by Crippen LogP contribution is -2.17. The lowest BCUT2D eigenvalue weighted by Gasteiger charge is -2.19. The van der Waals surface area contributed by atoms with Crippen molar-refractivity contribution in [2.45, 2.75) is 0 Å². The molecule has 0 fully saturated rings. The molecule has 0 atom stereocenters. The summed E-state index contributed by atoms with van der Waals surface area (Å²) in [6.45, 7) is 0. The first kappa shape index (κ1) is 19.6. The first-order chi connectivity index (χ1) is 14.0. The minimum atomic E-state index is -0.462. The van der Waals surface area contributed by atoms with E-state index in [1.807, 2.05) is 30.3 Å². The Bertz CT molecular complexity index is 1050. The monoisotopic (exact) mass is 390 g/mol. The maximum atomic E-state index is 12.0. The number of hydrogen-bond acceptors (Lipinski definition) is 6. The minimum Gasteiger partial charge on any atom is -0.508 e. The molecule has 0 unspecified atom stereocenters. The van der Waals surface area contributed by atoms with Gasteiger partial charge >= 0.3 is 0 Å². The standard InChI is InChI=1S/C21H18N4O4/c1-24(17-5-3-2-4-6-17)19-12-7-15(13-20(19)25(28)29)14-22-23-21(27)16-8-10-18(26)11-9-16/h2-14,26H,1H3,(H,23,27)/b22-14-. The number of nitro groups is 1. The number of carbonyl (C=O) groups excluding carboxylic acids is 1. The van der Waals surface area contributed by atoms with Gasteiger partial charge in [-0.2, -0.15) is 5.10 Å². The molecule has 1 amide bonds. The zero-order chi connectivity index (χ0) is 20.8. The van der Waals surface area contributed by atoms with Gasteiger partial charge < -0.3 is 10.0 Å². The average Bonchev–Trinajstić information content (AvgIpc) is 2.74. The van der Waals surface area contributed by atoms with Crippen molar-refractivity contribution in [2.24, 2.45) is 5.10 Å². The van der Waals surface area contributed by atoms with Crippen molar-refractivity contribution in [3.05, 3.63) is 94.0 Å². The Kier molecular flexibility index (Phi) is 5.84. The number of hydrogen-bond donors (Lipinski definition) is 2. The van der Waals surface area contributed by atoms with Gasteiger partial charge in [-0.15, -0.1) is 0 Å². The van der Waals surface area contributed by atoms with Crippen LogP contribution in [0.15, 0.2) is 77.9 Å². The van der Waals surface area contributed by atoms with E-state index in [0.29, 0.717) is 16.8 Å². The third-order valence-electron chi connectivity index (χ3n) is 4.21. The molecule has 3 aromatic rings. The van der Waals surface area contributed by atoms with Gasteiger partial charge in [0.15, 0.2) is 0 Å². The van der Waals surface area contributed by atoms with Gasteiger partial charge in [0.2, 0.25) is 0 Å². The minimum absolute atomic E-state index is 0.0536. The second-order valence-electron chi connectivity index (χ2n) is 6.15. The first-order valence-corrected chi connectivity index (χ1v) is 8.65. The summed E-state index contributed by atoms with van der Waals surface area (Å²) >= 11 is 0. The second kappa shape index (κ2) is 8.66. The predicted molar refractivity (Wildman–Crippen MR) is 111 cm³/mol. The van der Waals surface area contributed by atoms with Crippen LogP contribution in [0.4, 0.5) is 17.1 Å². The van der Waals surface area contributed by atoms with Crippen LogP contribution in [0.5, 0.6) is 5.75 Å². The van der Waals surface area contributed by atoms with Gasteiger partial charge in [0.25, 0.3) is 11.6 Å². The van der Waals surface area contributed by atoms with E-state index in [1.165, 1.54) is 36.5 Å². The Morgan fingerprint density at radius 1 is 1.10 bits per heavy atom. The van der Waals surface area contributed by atoms with Crippen LogP contribution in [0.25, 0.3) is 0 Å². The Balaban J connectivity index is 1.77. The number of phenolic OH excluding ortho intramolecular Hbond substituents is 1. The predicted octanol–water partition coefficient (Wildman–Crippen LogP) is 3.83. The normalized spacial score (nSPS) is 10.7. The van der Waals surface area contributed by atoms with E-state index in [0.717, 1.165) is 5.69 Å². The van der Waals surface area contributed by atoms with Crippen molar-refractivity contribution in [1.82, 2.24) is 5.43 Å². The average molecular weight is 390 g/mol. The van der Waals surface area contributed by atoms with Crippen LogP contribution in [0.3, 0.4) is 0 Å². The summed E-state index contributed by atoms with van der Waals surface area (Å²) in [6.07, 6.45) is 1.33. The van der Waals surface area contributed by atoms with E-state index in [4.69, 9.17) is 0 Å². The van der Waals surface area contributed by atoms with Crippen molar-refractivity contribution in [1.29, 1.82) is 0 Å². The molecule has 146 valence electrons. The van der Waals surface area contributed by atoms with Gasteiger partial charge in [0.1, 0.15) is 11.4 Å². The fourth-order valence-electron chi connectivity index (χ4n) is 2.68. The molecule has 0 radical (unpaired) electrons. The molecule has 8 nitrogen and oxygen atoms in total. The van der Waals surface area contributed by atoms with Crippen molar-refractivity contribution in [3.63, 3.8) is 0 Å². The summed E-state index contributed by atoms with van der Waals surface area (Å²) in [5, 5.41) is 24.6. The Morgan fingerprint density at radius 3 is 2.45 bits per heavy atom. The number of nitrogens with zero attached hydrogens (tertiary/aromatic N) is 3. The number of benzene rings is 3. The molecule has 3 aromatic carbocycles. The van der Waals surface area contributed by atoms with E-state index < -0.39 is 10.8 Å². The number of amides is 1. The summed E-state index contributed by atoms with van der Waals surface area (Å²) in [4.78, 5) is 24.8. The van der Waals surface area contributed by atoms with Crippen LogP contribution >= 0.6 is 0 Å². The molecular weight excluding hydrogens is 372 g/mol. The van der Waals surface area contributed by atoms with Gasteiger partial charge in [0.05, 0.1) is 11.1 Å². The summed E-state index contributed by atoms with van der Waals surface area (Å²) in [5.41, 5.74) is 4.31. The zero-order valence-corrected chi connectivity index (χ0v) is 15.5. The number of aromatic hydroxyl groups is 1. The number of anilines is 2. The highest BCUT2D eigenvalue weighted by atomic mass is 16.6. The van der Waals surface area contributed by atoms with Crippen molar-refractivity contribution in [2.75, 3.05) is 11.9 Å². The highest BCUT2D eigenvalue weighted by Gasteiger charge is 2.18. The number of nitrogens with one attached hydrogen (secondary N) is 1. The molecule has 0 saturated heterocycles.